The highest BCUT2D eigenvalue weighted by atomic mass is 35.5. The van der Waals surface area contributed by atoms with Crippen molar-refractivity contribution in [2.45, 2.75) is 44.6 Å². The third-order valence-corrected chi connectivity index (χ3v) is 6.90. The molecule has 1 aliphatic heterocycles. The summed E-state index contributed by atoms with van der Waals surface area (Å²) in [5, 5.41) is 15.0. The van der Waals surface area contributed by atoms with Crippen molar-refractivity contribution in [1.82, 2.24) is 25.5 Å². The van der Waals surface area contributed by atoms with Crippen LogP contribution in [0, 0.1) is 0 Å². The summed E-state index contributed by atoms with van der Waals surface area (Å²) in [5.41, 5.74) is 4.33. The molecular formula is C29H28ClN5O3. The minimum atomic E-state index is -0.653. The van der Waals surface area contributed by atoms with E-state index in [-0.39, 0.29) is 11.7 Å². The number of fused-ring (bicyclic) bond motifs is 1. The van der Waals surface area contributed by atoms with E-state index in [1.165, 1.54) is 6.33 Å². The molecule has 1 amide bonds. The highest BCUT2D eigenvalue weighted by Crippen LogP contribution is 2.26. The van der Waals surface area contributed by atoms with Gasteiger partial charge in [0.05, 0.1) is 18.3 Å². The molecular weight excluding hydrogens is 502 g/mol. The summed E-state index contributed by atoms with van der Waals surface area (Å²) in [4.78, 5) is 26.6. The van der Waals surface area contributed by atoms with Crippen LogP contribution in [0.15, 0.2) is 73.1 Å². The number of nitrogens with one attached hydrogen (secondary N) is 1. The summed E-state index contributed by atoms with van der Waals surface area (Å²) in [6.07, 6.45) is 5.34. The number of rotatable bonds is 10. The standard InChI is InChI=1S/C29H28ClN5O3/c30-24-13-14-26(35-19-31-33-34-35)22(17-24)8-4-10-27(36)25(16-20-6-2-1-3-7-20)32-29(37)23-12-11-21-9-5-15-38-28(21)18-23/h1-3,6-7,11-14,17-19,25H,4-5,8-10,15-16H2,(H,32,37)/t25-/m0/s1. The minimum Gasteiger partial charge on any atom is -0.493 e. The smallest absolute Gasteiger partial charge is 0.252 e. The number of ketones is 1. The van der Waals surface area contributed by atoms with Crippen molar-refractivity contribution in [3.8, 4) is 11.4 Å². The number of hydrogen-bond acceptors (Lipinski definition) is 6. The Bertz CT molecular complexity index is 1410. The zero-order valence-corrected chi connectivity index (χ0v) is 21.6. The second-order valence-corrected chi connectivity index (χ2v) is 9.77. The maximum atomic E-state index is 13.4. The first-order valence-corrected chi connectivity index (χ1v) is 13.1. The molecule has 0 unspecified atom stereocenters. The molecule has 1 N–H and O–H groups in total. The fourth-order valence-electron chi connectivity index (χ4n) is 4.69. The molecule has 0 saturated carbocycles. The number of aryl methyl sites for hydroxylation is 2. The molecule has 4 aromatic rings. The SMILES string of the molecule is O=C(N[C@@H](Cc1ccccc1)C(=O)CCCc1cc(Cl)ccc1-n1cnnn1)c1ccc2c(c1)OCCC2. The fraction of sp³-hybridized carbons (Fsp3) is 0.276. The Labute approximate surface area is 226 Å². The number of carbonyl (C=O) groups excluding carboxylic acids is 2. The summed E-state index contributed by atoms with van der Waals surface area (Å²) in [6.45, 7) is 0.648. The second-order valence-electron chi connectivity index (χ2n) is 9.34. The molecule has 3 aromatic carbocycles. The Kier molecular flexibility index (Phi) is 8.09. The number of hydrogen-bond donors (Lipinski definition) is 1. The van der Waals surface area contributed by atoms with Crippen LogP contribution in [0.1, 0.15) is 46.3 Å². The highest BCUT2D eigenvalue weighted by Gasteiger charge is 2.23. The number of ether oxygens (including phenoxy) is 1. The largest absolute Gasteiger partial charge is 0.493 e. The topological polar surface area (TPSA) is 99.0 Å². The van der Waals surface area contributed by atoms with Gasteiger partial charge in [0.15, 0.2) is 5.78 Å². The number of halogens is 1. The van der Waals surface area contributed by atoms with E-state index < -0.39 is 6.04 Å². The van der Waals surface area contributed by atoms with Crippen LogP contribution in [0.5, 0.6) is 5.75 Å². The van der Waals surface area contributed by atoms with Gasteiger partial charge in [-0.3, -0.25) is 9.59 Å². The van der Waals surface area contributed by atoms with Crippen molar-refractivity contribution >= 4 is 23.3 Å². The maximum absolute atomic E-state index is 13.4. The number of aromatic nitrogens is 4. The van der Waals surface area contributed by atoms with E-state index in [0.29, 0.717) is 42.9 Å². The predicted octanol–water partition coefficient (Wildman–Crippen LogP) is 4.57. The van der Waals surface area contributed by atoms with Crippen molar-refractivity contribution < 1.29 is 14.3 Å². The Morgan fingerprint density at radius 1 is 1.08 bits per heavy atom. The van der Waals surface area contributed by atoms with Gasteiger partial charge in [-0.25, -0.2) is 4.68 Å². The van der Waals surface area contributed by atoms with E-state index in [9.17, 15) is 9.59 Å². The first-order chi connectivity index (χ1) is 18.6. The Hall–Kier alpha value is -4.04. The lowest BCUT2D eigenvalue weighted by Crippen LogP contribution is -2.42. The molecule has 1 atom stereocenters. The molecule has 0 radical (unpaired) electrons. The number of nitrogens with zero attached hydrogens (tertiary/aromatic N) is 4. The highest BCUT2D eigenvalue weighted by molar-refractivity contribution is 6.30. The van der Waals surface area contributed by atoms with E-state index in [1.54, 1.807) is 22.9 Å². The van der Waals surface area contributed by atoms with E-state index >= 15 is 0 Å². The zero-order valence-electron chi connectivity index (χ0n) is 20.8. The second kappa shape index (κ2) is 12.0. The van der Waals surface area contributed by atoms with Crippen LogP contribution in [0.3, 0.4) is 0 Å². The number of carbonyl (C=O) groups is 2. The average Bonchev–Trinajstić information content (AvgIpc) is 3.48. The Morgan fingerprint density at radius 2 is 1.95 bits per heavy atom. The van der Waals surface area contributed by atoms with Crippen molar-refractivity contribution in [2.24, 2.45) is 0 Å². The first kappa shape index (κ1) is 25.6. The normalized spacial score (nSPS) is 13.3. The summed E-state index contributed by atoms with van der Waals surface area (Å²) < 4.78 is 7.31. The van der Waals surface area contributed by atoms with Gasteiger partial charge in [-0.2, -0.15) is 0 Å². The molecule has 0 saturated heterocycles. The minimum absolute atomic E-state index is 0.0255. The third-order valence-electron chi connectivity index (χ3n) is 6.66. The number of tetrazole rings is 1. The van der Waals surface area contributed by atoms with Crippen molar-refractivity contribution in [3.05, 3.63) is 100 Å². The summed E-state index contributed by atoms with van der Waals surface area (Å²) >= 11 is 6.24. The van der Waals surface area contributed by atoms with Crippen LogP contribution in [-0.4, -0.2) is 44.5 Å². The Morgan fingerprint density at radius 3 is 2.76 bits per heavy atom. The van der Waals surface area contributed by atoms with E-state index in [2.05, 4.69) is 20.8 Å². The molecule has 1 aliphatic rings. The molecule has 8 nitrogen and oxygen atoms in total. The van der Waals surface area contributed by atoms with Crippen LogP contribution in [-0.2, 0) is 24.1 Å². The number of Topliss-reactive ketones (excluding diaryl/α,β-unsaturated/α-hetero) is 1. The summed E-state index contributed by atoms with van der Waals surface area (Å²) in [6, 6.07) is 20.1. The number of benzene rings is 3. The van der Waals surface area contributed by atoms with Crippen molar-refractivity contribution in [2.75, 3.05) is 6.61 Å². The van der Waals surface area contributed by atoms with Crippen molar-refractivity contribution in [3.63, 3.8) is 0 Å². The van der Waals surface area contributed by atoms with Gasteiger partial charge >= 0.3 is 0 Å². The lowest BCUT2D eigenvalue weighted by Gasteiger charge is -2.20. The Balaban J connectivity index is 1.28. The van der Waals surface area contributed by atoms with Gasteiger partial charge in [0, 0.05) is 17.0 Å². The summed E-state index contributed by atoms with van der Waals surface area (Å²) in [5.74, 6) is 0.434. The third kappa shape index (κ3) is 6.26. The summed E-state index contributed by atoms with van der Waals surface area (Å²) in [7, 11) is 0. The van der Waals surface area contributed by atoms with Crippen LogP contribution in [0.4, 0.5) is 0 Å². The van der Waals surface area contributed by atoms with Gasteiger partial charge in [-0.15, -0.1) is 5.10 Å². The maximum Gasteiger partial charge on any atom is 0.252 e. The molecule has 5 rings (SSSR count). The van der Waals surface area contributed by atoms with Crippen LogP contribution >= 0.6 is 11.6 Å². The lowest BCUT2D eigenvalue weighted by molar-refractivity contribution is -0.121. The average molecular weight is 530 g/mol. The molecule has 38 heavy (non-hydrogen) atoms. The molecule has 2 heterocycles. The van der Waals surface area contributed by atoms with Crippen LogP contribution < -0.4 is 10.1 Å². The van der Waals surface area contributed by atoms with Gasteiger partial charge in [0.2, 0.25) is 0 Å². The molecule has 194 valence electrons. The lowest BCUT2D eigenvalue weighted by atomic mass is 9.97. The molecule has 0 fully saturated rings. The van der Waals surface area contributed by atoms with Crippen LogP contribution in [0.2, 0.25) is 5.02 Å². The van der Waals surface area contributed by atoms with E-state index in [4.69, 9.17) is 16.3 Å². The molecule has 1 aromatic heterocycles. The molecule has 0 spiro atoms. The molecule has 0 aliphatic carbocycles. The van der Waals surface area contributed by atoms with Gasteiger partial charge in [-0.1, -0.05) is 48.0 Å². The predicted molar refractivity (Wildman–Crippen MR) is 144 cm³/mol. The zero-order chi connectivity index (χ0) is 26.3. The quantitative estimate of drug-likeness (QED) is 0.323. The van der Waals surface area contributed by atoms with Crippen molar-refractivity contribution in [1.29, 1.82) is 0 Å². The van der Waals surface area contributed by atoms with Gasteiger partial charge in [-0.05, 0) is 89.6 Å². The number of amides is 1. The van der Waals surface area contributed by atoms with Gasteiger partial charge < -0.3 is 10.1 Å². The van der Waals surface area contributed by atoms with E-state index in [1.807, 2.05) is 48.5 Å². The van der Waals surface area contributed by atoms with Crippen LogP contribution in [0.25, 0.3) is 5.69 Å². The monoisotopic (exact) mass is 529 g/mol. The molecule has 9 heteroatoms. The van der Waals surface area contributed by atoms with E-state index in [0.717, 1.165) is 41.0 Å². The first-order valence-electron chi connectivity index (χ1n) is 12.7. The van der Waals surface area contributed by atoms with Gasteiger partial charge in [0.25, 0.3) is 5.91 Å². The van der Waals surface area contributed by atoms with Gasteiger partial charge in [0.1, 0.15) is 12.1 Å². The fourth-order valence-corrected chi connectivity index (χ4v) is 4.89. The molecule has 0 bridgehead atoms.